The van der Waals surface area contributed by atoms with Gasteiger partial charge >= 0.3 is 0 Å². The maximum Gasteiger partial charge on any atom is 0.289 e. The van der Waals surface area contributed by atoms with Gasteiger partial charge < -0.3 is 15.2 Å². The molecule has 0 saturated carbocycles. The second-order valence-corrected chi connectivity index (χ2v) is 5.17. The highest BCUT2D eigenvalue weighted by Crippen LogP contribution is 2.09. The zero-order chi connectivity index (χ0) is 15.5. The molecule has 0 radical (unpaired) electrons. The molecule has 1 aliphatic rings. The maximum absolute atomic E-state index is 11.6. The Morgan fingerprint density at radius 2 is 2.23 bits per heavy atom. The monoisotopic (exact) mass is 301 g/mol. The summed E-state index contributed by atoms with van der Waals surface area (Å²) >= 11 is 0. The van der Waals surface area contributed by atoms with E-state index in [1.165, 1.54) is 0 Å². The van der Waals surface area contributed by atoms with Crippen LogP contribution in [0.2, 0.25) is 0 Å². The molecule has 1 amide bonds. The summed E-state index contributed by atoms with van der Waals surface area (Å²) in [6.07, 6.45) is 1.57. The van der Waals surface area contributed by atoms with Crippen molar-refractivity contribution in [2.75, 3.05) is 18.4 Å². The molecule has 0 aromatic carbocycles. The average molecular weight is 301 g/mol. The first-order chi connectivity index (χ1) is 10.7. The number of hydrogen-bond acceptors (Lipinski definition) is 6. The number of fused-ring (bicyclic) bond motifs is 1. The number of hydrogen-bond donors (Lipinski definition) is 2. The van der Waals surface area contributed by atoms with Gasteiger partial charge in [0.15, 0.2) is 0 Å². The Balaban J connectivity index is 1.64. The van der Waals surface area contributed by atoms with Gasteiger partial charge in [-0.1, -0.05) is 6.92 Å². The molecule has 0 aliphatic carbocycles. The Bertz CT molecular complexity index is 694. The van der Waals surface area contributed by atoms with Gasteiger partial charge in [-0.05, 0) is 13.3 Å². The van der Waals surface area contributed by atoms with Crippen LogP contribution in [0.15, 0.2) is 6.07 Å². The summed E-state index contributed by atoms with van der Waals surface area (Å²) in [6, 6.07) is 1.96. The van der Waals surface area contributed by atoms with E-state index in [4.69, 9.17) is 0 Å². The molecule has 3 rings (SSSR count). The summed E-state index contributed by atoms with van der Waals surface area (Å²) < 4.78 is 1.88. The Hall–Kier alpha value is -2.51. The highest BCUT2D eigenvalue weighted by Gasteiger charge is 2.21. The number of amides is 1. The van der Waals surface area contributed by atoms with Crippen LogP contribution in [0.1, 0.15) is 34.9 Å². The van der Waals surface area contributed by atoms with Crippen molar-refractivity contribution in [3.05, 3.63) is 29.2 Å². The molecule has 8 nitrogen and oxygen atoms in total. The summed E-state index contributed by atoms with van der Waals surface area (Å²) in [5.41, 5.74) is 1.02. The Kier molecular flexibility index (Phi) is 3.99. The summed E-state index contributed by atoms with van der Waals surface area (Å²) in [5, 5.41) is 14.1. The van der Waals surface area contributed by atoms with Gasteiger partial charge in [-0.25, -0.2) is 9.97 Å². The molecule has 22 heavy (non-hydrogen) atoms. The van der Waals surface area contributed by atoms with Crippen LogP contribution in [0, 0.1) is 6.92 Å². The molecule has 0 unspecified atom stereocenters. The van der Waals surface area contributed by atoms with E-state index < -0.39 is 0 Å². The minimum absolute atomic E-state index is 0.156. The Morgan fingerprint density at radius 3 is 3.05 bits per heavy atom. The van der Waals surface area contributed by atoms with Gasteiger partial charge in [0.2, 0.25) is 5.82 Å². The number of aryl methyl sites for hydroxylation is 2. The van der Waals surface area contributed by atoms with Gasteiger partial charge in [-0.2, -0.15) is 0 Å². The van der Waals surface area contributed by atoms with E-state index in [1.54, 1.807) is 0 Å². The smallest absolute Gasteiger partial charge is 0.289 e. The van der Waals surface area contributed by atoms with Crippen molar-refractivity contribution in [2.45, 2.75) is 33.2 Å². The molecule has 8 heteroatoms. The third-order valence-electron chi connectivity index (χ3n) is 3.56. The van der Waals surface area contributed by atoms with Crippen molar-refractivity contribution >= 4 is 11.7 Å². The van der Waals surface area contributed by atoms with Crippen molar-refractivity contribution in [1.82, 2.24) is 30.0 Å². The summed E-state index contributed by atoms with van der Waals surface area (Å²) in [7, 11) is 0. The number of carbonyl (C=O) groups is 1. The molecule has 116 valence electrons. The zero-order valence-electron chi connectivity index (χ0n) is 12.8. The van der Waals surface area contributed by atoms with Crippen LogP contribution in [0.3, 0.4) is 0 Å². The van der Waals surface area contributed by atoms with E-state index in [-0.39, 0.29) is 5.91 Å². The number of nitrogens with zero attached hydrogens (tertiary/aromatic N) is 5. The SMILES string of the molecule is CCc1cc(NCCc2nnc3n2CCNC3=O)nc(C)n1. The van der Waals surface area contributed by atoms with Crippen molar-refractivity contribution < 1.29 is 4.79 Å². The fourth-order valence-electron chi connectivity index (χ4n) is 2.49. The van der Waals surface area contributed by atoms with Gasteiger partial charge in [0.05, 0.1) is 0 Å². The molecular formula is C14H19N7O. The minimum atomic E-state index is -0.156. The second-order valence-electron chi connectivity index (χ2n) is 5.17. The number of aromatic nitrogens is 5. The lowest BCUT2D eigenvalue weighted by atomic mass is 10.3. The Labute approximate surface area is 128 Å². The molecule has 3 heterocycles. The van der Waals surface area contributed by atoms with Crippen LogP contribution in [0.4, 0.5) is 5.82 Å². The predicted molar refractivity (Wildman–Crippen MR) is 80.7 cm³/mol. The largest absolute Gasteiger partial charge is 0.370 e. The van der Waals surface area contributed by atoms with Gasteiger partial charge in [0.25, 0.3) is 5.91 Å². The molecule has 1 aliphatic heterocycles. The average Bonchev–Trinajstić information content (AvgIpc) is 2.91. The number of anilines is 1. The third-order valence-corrected chi connectivity index (χ3v) is 3.56. The predicted octanol–water partition coefficient (Wildman–Crippen LogP) is 0.337. The molecule has 0 atom stereocenters. The van der Waals surface area contributed by atoms with Crippen molar-refractivity contribution in [2.24, 2.45) is 0 Å². The van der Waals surface area contributed by atoms with Crippen molar-refractivity contribution in [3.63, 3.8) is 0 Å². The van der Waals surface area contributed by atoms with Crippen LogP contribution in [-0.4, -0.2) is 43.7 Å². The van der Waals surface area contributed by atoms with E-state index in [9.17, 15) is 4.79 Å². The van der Waals surface area contributed by atoms with Gasteiger partial charge in [-0.3, -0.25) is 4.79 Å². The molecule has 0 fully saturated rings. The molecule has 0 saturated heterocycles. The van der Waals surface area contributed by atoms with Gasteiger partial charge in [-0.15, -0.1) is 10.2 Å². The summed E-state index contributed by atoms with van der Waals surface area (Å²) in [5.74, 6) is 2.64. The van der Waals surface area contributed by atoms with Crippen LogP contribution in [0.25, 0.3) is 0 Å². The first-order valence-electron chi connectivity index (χ1n) is 7.46. The van der Waals surface area contributed by atoms with Crippen LogP contribution in [0.5, 0.6) is 0 Å². The highest BCUT2D eigenvalue weighted by atomic mass is 16.2. The maximum atomic E-state index is 11.6. The van der Waals surface area contributed by atoms with E-state index in [0.29, 0.717) is 25.3 Å². The topological polar surface area (TPSA) is 97.6 Å². The molecular weight excluding hydrogens is 282 g/mol. The van der Waals surface area contributed by atoms with Gasteiger partial charge in [0.1, 0.15) is 17.5 Å². The van der Waals surface area contributed by atoms with Crippen LogP contribution >= 0.6 is 0 Å². The lowest BCUT2D eigenvalue weighted by molar-refractivity contribution is 0.0921. The van der Waals surface area contributed by atoms with E-state index >= 15 is 0 Å². The Morgan fingerprint density at radius 1 is 1.36 bits per heavy atom. The zero-order valence-corrected chi connectivity index (χ0v) is 12.8. The van der Waals surface area contributed by atoms with Crippen LogP contribution in [-0.2, 0) is 19.4 Å². The second kappa shape index (κ2) is 6.08. The summed E-state index contributed by atoms with van der Waals surface area (Å²) in [4.78, 5) is 20.4. The molecule has 0 spiro atoms. The first kappa shape index (κ1) is 14.4. The first-order valence-corrected chi connectivity index (χ1v) is 7.46. The summed E-state index contributed by atoms with van der Waals surface area (Å²) in [6.45, 7) is 5.97. The van der Waals surface area contributed by atoms with Crippen molar-refractivity contribution in [3.8, 4) is 0 Å². The van der Waals surface area contributed by atoms with Crippen molar-refractivity contribution in [1.29, 1.82) is 0 Å². The standard InChI is InChI=1S/C14H19N7O/c1-3-10-8-11(18-9(2)17-10)15-5-4-12-19-20-13-14(22)16-6-7-21(12)13/h8H,3-7H2,1-2H3,(H,16,22)(H,15,17,18). The van der Waals surface area contributed by atoms with E-state index in [2.05, 4.69) is 37.7 Å². The third kappa shape index (κ3) is 2.90. The normalized spacial score (nSPS) is 13.6. The fourth-order valence-corrected chi connectivity index (χ4v) is 2.49. The number of nitrogens with one attached hydrogen (secondary N) is 2. The lowest BCUT2D eigenvalue weighted by Crippen LogP contribution is -2.36. The molecule has 2 N–H and O–H groups in total. The number of carbonyl (C=O) groups excluding carboxylic acids is 1. The van der Waals surface area contributed by atoms with Crippen LogP contribution < -0.4 is 10.6 Å². The molecule has 0 bridgehead atoms. The highest BCUT2D eigenvalue weighted by molar-refractivity contribution is 5.91. The quantitative estimate of drug-likeness (QED) is 0.826. The van der Waals surface area contributed by atoms with E-state index in [0.717, 1.165) is 36.1 Å². The minimum Gasteiger partial charge on any atom is -0.370 e. The van der Waals surface area contributed by atoms with E-state index in [1.807, 2.05) is 17.6 Å². The molecule has 2 aromatic heterocycles. The molecule has 2 aromatic rings. The lowest BCUT2D eigenvalue weighted by Gasteiger charge is -2.15. The fraction of sp³-hybridized carbons (Fsp3) is 0.500. The van der Waals surface area contributed by atoms with Gasteiger partial charge in [0, 0.05) is 37.8 Å². The number of rotatable bonds is 5.